The lowest BCUT2D eigenvalue weighted by atomic mass is 10.0. The summed E-state index contributed by atoms with van der Waals surface area (Å²) < 4.78 is 1.81. The predicted octanol–water partition coefficient (Wildman–Crippen LogP) is 2.03. The summed E-state index contributed by atoms with van der Waals surface area (Å²) in [7, 11) is 3.82. The monoisotopic (exact) mass is 288 g/mol. The number of aryl methyl sites for hydroxylation is 1. The van der Waals surface area contributed by atoms with E-state index in [1.165, 1.54) is 25.8 Å². The van der Waals surface area contributed by atoms with E-state index in [1.807, 2.05) is 25.0 Å². The van der Waals surface area contributed by atoms with Gasteiger partial charge in [0.1, 0.15) is 11.6 Å². The molecule has 3 heterocycles. The first-order chi connectivity index (χ1) is 10.2. The molecule has 0 bridgehead atoms. The van der Waals surface area contributed by atoms with Crippen molar-refractivity contribution < 1.29 is 0 Å². The normalized spacial score (nSPS) is 19.5. The van der Waals surface area contributed by atoms with Crippen LogP contribution in [0.25, 0.3) is 11.0 Å². The van der Waals surface area contributed by atoms with Crippen LogP contribution in [0.4, 0.5) is 5.82 Å². The van der Waals surface area contributed by atoms with Crippen molar-refractivity contribution in [3.8, 4) is 0 Å². The Kier molecular flexibility index (Phi) is 4.05. The predicted molar refractivity (Wildman–Crippen MR) is 84.1 cm³/mol. The molecule has 2 aromatic rings. The van der Waals surface area contributed by atoms with Gasteiger partial charge < -0.3 is 5.32 Å². The maximum atomic E-state index is 4.69. The summed E-state index contributed by atoms with van der Waals surface area (Å²) >= 11 is 0. The third-order valence-electron chi connectivity index (χ3n) is 4.31. The molecule has 0 aliphatic carbocycles. The molecule has 21 heavy (non-hydrogen) atoms. The van der Waals surface area contributed by atoms with Crippen molar-refractivity contribution in [2.45, 2.75) is 32.7 Å². The molecule has 0 aromatic carbocycles. The number of hydrogen-bond acceptors (Lipinski definition) is 5. The zero-order valence-electron chi connectivity index (χ0n) is 13.1. The van der Waals surface area contributed by atoms with Gasteiger partial charge in [0, 0.05) is 20.6 Å². The highest BCUT2D eigenvalue weighted by Crippen LogP contribution is 2.23. The quantitative estimate of drug-likeness (QED) is 0.912. The Balaban J connectivity index is 1.79. The molecule has 2 aromatic heterocycles. The van der Waals surface area contributed by atoms with Crippen LogP contribution in [0, 0.1) is 5.92 Å². The van der Waals surface area contributed by atoms with Crippen LogP contribution >= 0.6 is 0 Å². The molecule has 1 N–H and O–H groups in total. The first-order valence-electron chi connectivity index (χ1n) is 7.80. The second-order valence-electron chi connectivity index (χ2n) is 5.92. The first kappa shape index (κ1) is 14.3. The summed E-state index contributed by atoms with van der Waals surface area (Å²) in [6, 6.07) is 0. The van der Waals surface area contributed by atoms with E-state index in [1.54, 1.807) is 0 Å². The van der Waals surface area contributed by atoms with Crippen LogP contribution in [0.15, 0.2) is 6.20 Å². The van der Waals surface area contributed by atoms with Crippen LogP contribution < -0.4 is 5.32 Å². The molecule has 0 spiro atoms. The largest absolute Gasteiger partial charge is 0.372 e. The molecule has 1 saturated heterocycles. The highest BCUT2D eigenvalue weighted by atomic mass is 15.3. The number of hydrogen-bond donors (Lipinski definition) is 1. The molecule has 0 radical (unpaired) electrons. The van der Waals surface area contributed by atoms with Gasteiger partial charge in [0.05, 0.1) is 18.1 Å². The molecule has 1 aliphatic rings. The van der Waals surface area contributed by atoms with Gasteiger partial charge in [-0.25, -0.2) is 9.97 Å². The van der Waals surface area contributed by atoms with E-state index in [4.69, 9.17) is 0 Å². The smallest absolute Gasteiger partial charge is 0.163 e. The van der Waals surface area contributed by atoms with Crippen molar-refractivity contribution in [3.63, 3.8) is 0 Å². The number of aromatic nitrogens is 4. The fourth-order valence-corrected chi connectivity index (χ4v) is 3.23. The van der Waals surface area contributed by atoms with Crippen LogP contribution in [0.3, 0.4) is 0 Å². The van der Waals surface area contributed by atoms with Crippen LogP contribution in [0.5, 0.6) is 0 Å². The van der Waals surface area contributed by atoms with E-state index in [0.29, 0.717) is 0 Å². The number of nitrogens with zero attached hydrogens (tertiary/aromatic N) is 5. The minimum Gasteiger partial charge on any atom is -0.372 e. The molecule has 114 valence electrons. The standard InChI is InChI=1S/C15H24N6/c1-4-5-11-6-7-21(9-11)10-13-18-14(16-2)12-8-17-20(3)15(12)19-13/h8,11H,4-7,9-10H2,1-3H3,(H,16,18,19). The maximum Gasteiger partial charge on any atom is 0.163 e. The molecule has 1 fully saturated rings. The molecule has 1 unspecified atom stereocenters. The van der Waals surface area contributed by atoms with Gasteiger partial charge in [-0.15, -0.1) is 0 Å². The van der Waals surface area contributed by atoms with Crippen LogP contribution in [0.2, 0.25) is 0 Å². The van der Waals surface area contributed by atoms with Crippen molar-refractivity contribution in [2.24, 2.45) is 13.0 Å². The highest BCUT2D eigenvalue weighted by Gasteiger charge is 2.23. The van der Waals surface area contributed by atoms with Gasteiger partial charge in [0.25, 0.3) is 0 Å². The maximum absolute atomic E-state index is 4.69. The number of likely N-dealkylation sites (tertiary alicyclic amines) is 1. The van der Waals surface area contributed by atoms with Gasteiger partial charge in [-0.05, 0) is 25.3 Å². The van der Waals surface area contributed by atoms with Gasteiger partial charge in [-0.3, -0.25) is 9.58 Å². The Bertz CT molecular complexity index is 620. The SMILES string of the molecule is CCCC1CCN(Cc2nc(NC)c3cnn(C)c3n2)C1. The Morgan fingerprint density at radius 1 is 1.38 bits per heavy atom. The summed E-state index contributed by atoms with van der Waals surface area (Å²) in [6.45, 7) is 5.43. The number of anilines is 1. The van der Waals surface area contributed by atoms with Crippen molar-refractivity contribution in [3.05, 3.63) is 12.0 Å². The highest BCUT2D eigenvalue weighted by molar-refractivity contribution is 5.86. The minimum absolute atomic E-state index is 0.829. The summed E-state index contributed by atoms with van der Waals surface area (Å²) in [4.78, 5) is 11.8. The molecule has 6 heteroatoms. The van der Waals surface area contributed by atoms with E-state index in [9.17, 15) is 0 Å². The Morgan fingerprint density at radius 3 is 3.00 bits per heavy atom. The van der Waals surface area contributed by atoms with E-state index in [0.717, 1.165) is 41.7 Å². The topological polar surface area (TPSA) is 58.9 Å². The molecule has 1 aliphatic heterocycles. The Labute approximate surface area is 125 Å². The van der Waals surface area contributed by atoms with Crippen molar-refractivity contribution in [1.29, 1.82) is 0 Å². The molecular weight excluding hydrogens is 264 g/mol. The van der Waals surface area contributed by atoms with Crippen molar-refractivity contribution in [1.82, 2.24) is 24.6 Å². The van der Waals surface area contributed by atoms with Crippen LogP contribution in [-0.4, -0.2) is 44.8 Å². The molecular formula is C15H24N6. The molecule has 1 atom stereocenters. The minimum atomic E-state index is 0.829. The second kappa shape index (κ2) is 5.97. The molecule has 3 rings (SSSR count). The van der Waals surface area contributed by atoms with Crippen molar-refractivity contribution in [2.75, 3.05) is 25.5 Å². The summed E-state index contributed by atoms with van der Waals surface area (Å²) in [6.07, 6.45) is 5.73. The zero-order valence-corrected chi connectivity index (χ0v) is 13.1. The molecule has 0 saturated carbocycles. The molecule has 0 amide bonds. The van der Waals surface area contributed by atoms with Crippen molar-refractivity contribution >= 4 is 16.9 Å². The first-order valence-corrected chi connectivity index (χ1v) is 7.80. The lowest BCUT2D eigenvalue weighted by molar-refractivity contribution is 0.305. The lowest BCUT2D eigenvalue weighted by Crippen LogP contribution is -2.22. The fourth-order valence-electron chi connectivity index (χ4n) is 3.23. The fraction of sp³-hybridized carbons (Fsp3) is 0.667. The summed E-state index contributed by atoms with van der Waals surface area (Å²) in [5.74, 6) is 2.60. The van der Waals surface area contributed by atoms with E-state index in [-0.39, 0.29) is 0 Å². The van der Waals surface area contributed by atoms with E-state index in [2.05, 4.69) is 32.2 Å². The van der Waals surface area contributed by atoms with Crippen LogP contribution in [-0.2, 0) is 13.6 Å². The van der Waals surface area contributed by atoms with Gasteiger partial charge in [-0.2, -0.15) is 5.10 Å². The van der Waals surface area contributed by atoms with Gasteiger partial charge in [0.15, 0.2) is 5.65 Å². The zero-order chi connectivity index (χ0) is 14.8. The third-order valence-corrected chi connectivity index (χ3v) is 4.31. The third kappa shape index (κ3) is 2.85. The Morgan fingerprint density at radius 2 is 2.24 bits per heavy atom. The second-order valence-corrected chi connectivity index (χ2v) is 5.92. The number of fused-ring (bicyclic) bond motifs is 1. The average molecular weight is 288 g/mol. The van der Waals surface area contributed by atoms with Gasteiger partial charge in [0.2, 0.25) is 0 Å². The summed E-state index contributed by atoms with van der Waals surface area (Å²) in [5, 5.41) is 8.41. The Hall–Kier alpha value is -1.69. The molecule has 6 nitrogen and oxygen atoms in total. The van der Waals surface area contributed by atoms with E-state index >= 15 is 0 Å². The van der Waals surface area contributed by atoms with Gasteiger partial charge >= 0.3 is 0 Å². The lowest BCUT2D eigenvalue weighted by Gasteiger charge is -2.15. The van der Waals surface area contributed by atoms with E-state index < -0.39 is 0 Å². The number of rotatable bonds is 5. The number of nitrogens with one attached hydrogen (secondary N) is 1. The van der Waals surface area contributed by atoms with Crippen LogP contribution in [0.1, 0.15) is 32.0 Å². The van der Waals surface area contributed by atoms with Gasteiger partial charge in [-0.1, -0.05) is 13.3 Å². The average Bonchev–Trinajstić information content (AvgIpc) is 3.07. The summed E-state index contributed by atoms with van der Waals surface area (Å²) in [5.41, 5.74) is 0.897.